The first-order chi connectivity index (χ1) is 9.20. The van der Waals surface area contributed by atoms with Gasteiger partial charge in [0.25, 0.3) is 5.69 Å². The van der Waals surface area contributed by atoms with Crippen LogP contribution in [0.15, 0.2) is 47.5 Å². The molecule has 0 bridgehead atoms. The number of hydrogen-bond acceptors (Lipinski definition) is 5. The largest absolute Gasteiger partial charge is 0.269 e. The van der Waals surface area contributed by atoms with Gasteiger partial charge < -0.3 is 0 Å². The molecule has 0 spiro atoms. The third-order valence-electron chi connectivity index (χ3n) is 2.44. The van der Waals surface area contributed by atoms with E-state index in [9.17, 15) is 10.1 Å². The zero-order valence-electron chi connectivity index (χ0n) is 9.81. The number of rotatable bonds is 4. The van der Waals surface area contributed by atoms with Crippen molar-refractivity contribution in [3.05, 3.63) is 64.0 Å². The van der Waals surface area contributed by atoms with Gasteiger partial charge in [0.15, 0.2) is 0 Å². The summed E-state index contributed by atoms with van der Waals surface area (Å²) in [6.45, 7) is 0. The van der Waals surface area contributed by atoms with Gasteiger partial charge in [0.1, 0.15) is 11.8 Å². The maximum Gasteiger partial charge on any atom is 0.269 e. The molecule has 0 radical (unpaired) electrons. The highest BCUT2D eigenvalue weighted by Gasteiger charge is 2.06. The lowest BCUT2D eigenvalue weighted by Crippen LogP contribution is -1.91. The number of aromatic nitrogens is 1. The Kier molecular flexibility index (Phi) is 4.11. The summed E-state index contributed by atoms with van der Waals surface area (Å²) in [5, 5.41) is 19.4. The van der Waals surface area contributed by atoms with Crippen molar-refractivity contribution >= 4 is 17.4 Å². The molecule has 0 fully saturated rings. The number of non-ortho nitro benzene ring substituents is 1. The Morgan fingerprint density at radius 2 is 2.05 bits per heavy atom. The number of nitrogens with zero attached hydrogens (tertiary/aromatic N) is 3. The quantitative estimate of drug-likeness (QED) is 0.484. The number of hydrogen-bond donors (Lipinski definition) is 0. The average molecular weight is 271 g/mol. The Bertz CT molecular complexity index is 635. The predicted octanol–water partition coefficient (Wildman–Crippen LogP) is 3.15. The van der Waals surface area contributed by atoms with E-state index in [-0.39, 0.29) is 5.69 Å². The average Bonchev–Trinajstić information content (AvgIpc) is 2.45. The number of benzene rings is 1. The van der Waals surface area contributed by atoms with Crippen LogP contribution < -0.4 is 0 Å². The molecule has 0 N–H and O–H groups in total. The Balaban J connectivity index is 2.06. The smallest absolute Gasteiger partial charge is 0.258 e. The molecule has 5 nitrogen and oxygen atoms in total. The summed E-state index contributed by atoms with van der Waals surface area (Å²) in [5.74, 6) is 0.606. The van der Waals surface area contributed by atoms with Crippen LogP contribution >= 0.6 is 11.8 Å². The molecule has 0 saturated heterocycles. The van der Waals surface area contributed by atoms with Crippen molar-refractivity contribution in [1.29, 1.82) is 5.26 Å². The standard InChI is InChI=1S/C13H9N3O2S/c14-8-13-10(2-1-7-15-13)9-19-12-5-3-11(4-6-12)16(17)18/h1-7H,9H2. The van der Waals surface area contributed by atoms with Crippen LogP contribution in [-0.2, 0) is 5.75 Å². The molecule has 2 aromatic rings. The van der Waals surface area contributed by atoms with Crippen LogP contribution in [0.4, 0.5) is 5.69 Å². The summed E-state index contributed by atoms with van der Waals surface area (Å²) in [6.07, 6.45) is 1.58. The van der Waals surface area contributed by atoms with E-state index in [1.807, 2.05) is 12.1 Å². The fourth-order valence-corrected chi connectivity index (χ4v) is 2.36. The lowest BCUT2D eigenvalue weighted by molar-refractivity contribution is -0.384. The van der Waals surface area contributed by atoms with Gasteiger partial charge >= 0.3 is 0 Å². The number of pyridine rings is 1. The van der Waals surface area contributed by atoms with Crippen molar-refractivity contribution in [2.24, 2.45) is 0 Å². The molecule has 2 rings (SSSR count). The van der Waals surface area contributed by atoms with E-state index in [4.69, 9.17) is 5.26 Å². The monoisotopic (exact) mass is 271 g/mol. The van der Waals surface area contributed by atoms with Gasteiger partial charge in [-0.05, 0) is 23.8 Å². The summed E-state index contributed by atoms with van der Waals surface area (Å²) >= 11 is 1.51. The Morgan fingerprint density at radius 3 is 2.68 bits per heavy atom. The van der Waals surface area contributed by atoms with Crippen molar-refractivity contribution in [2.45, 2.75) is 10.6 Å². The third-order valence-corrected chi connectivity index (χ3v) is 3.50. The van der Waals surface area contributed by atoms with Crippen LogP contribution in [0.25, 0.3) is 0 Å². The first kappa shape index (κ1) is 13.1. The molecule has 0 unspecified atom stereocenters. The molecule has 0 saturated carbocycles. The number of nitro benzene ring substituents is 1. The van der Waals surface area contributed by atoms with Gasteiger partial charge in [0.05, 0.1) is 4.92 Å². The zero-order valence-corrected chi connectivity index (χ0v) is 10.6. The van der Waals surface area contributed by atoms with Crippen LogP contribution in [0.2, 0.25) is 0 Å². The summed E-state index contributed by atoms with van der Waals surface area (Å²) < 4.78 is 0. The minimum atomic E-state index is -0.427. The maximum absolute atomic E-state index is 10.5. The first-order valence-corrected chi connectivity index (χ1v) is 6.40. The second-order valence-corrected chi connectivity index (χ2v) is 4.71. The molecule has 0 aliphatic carbocycles. The normalized spacial score (nSPS) is 9.84. The molecule has 1 aromatic heterocycles. The van der Waals surface area contributed by atoms with Crippen LogP contribution in [0.5, 0.6) is 0 Å². The van der Waals surface area contributed by atoms with E-state index in [1.165, 1.54) is 23.9 Å². The van der Waals surface area contributed by atoms with E-state index in [0.717, 1.165) is 10.5 Å². The Labute approximate surface area is 114 Å². The third kappa shape index (κ3) is 3.30. The minimum Gasteiger partial charge on any atom is -0.258 e. The van der Waals surface area contributed by atoms with Crippen LogP contribution in [-0.4, -0.2) is 9.91 Å². The van der Waals surface area contributed by atoms with E-state index in [2.05, 4.69) is 4.98 Å². The van der Waals surface area contributed by atoms with Gasteiger partial charge in [0.2, 0.25) is 0 Å². The SMILES string of the molecule is N#Cc1ncccc1CSc1ccc([N+](=O)[O-])cc1. The topological polar surface area (TPSA) is 79.8 Å². The fourth-order valence-electron chi connectivity index (χ4n) is 1.48. The highest BCUT2D eigenvalue weighted by Crippen LogP contribution is 2.25. The molecular formula is C13H9N3O2S. The molecule has 0 atom stereocenters. The van der Waals surface area contributed by atoms with Crippen molar-refractivity contribution in [3.8, 4) is 6.07 Å². The zero-order chi connectivity index (χ0) is 13.7. The molecule has 6 heteroatoms. The van der Waals surface area contributed by atoms with E-state index in [1.54, 1.807) is 24.4 Å². The van der Waals surface area contributed by atoms with Crippen LogP contribution in [0, 0.1) is 21.4 Å². The van der Waals surface area contributed by atoms with E-state index in [0.29, 0.717) is 11.4 Å². The molecule has 1 heterocycles. The summed E-state index contributed by atoms with van der Waals surface area (Å²) in [6, 6.07) is 12.0. The van der Waals surface area contributed by atoms with Gasteiger partial charge in [-0.2, -0.15) is 5.26 Å². The second-order valence-electron chi connectivity index (χ2n) is 3.66. The molecule has 19 heavy (non-hydrogen) atoms. The molecule has 0 aliphatic rings. The van der Waals surface area contributed by atoms with Gasteiger partial charge in [-0.3, -0.25) is 10.1 Å². The lowest BCUT2D eigenvalue weighted by Gasteiger charge is -2.03. The van der Waals surface area contributed by atoms with Gasteiger partial charge in [-0.1, -0.05) is 6.07 Å². The minimum absolute atomic E-state index is 0.0726. The molecule has 0 amide bonds. The van der Waals surface area contributed by atoms with Crippen LogP contribution in [0.1, 0.15) is 11.3 Å². The Morgan fingerprint density at radius 1 is 1.32 bits per heavy atom. The van der Waals surface area contributed by atoms with E-state index >= 15 is 0 Å². The van der Waals surface area contributed by atoms with E-state index < -0.39 is 4.92 Å². The van der Waals surface area contributed by atoms with Gasteiger partial charge in [-0.25, -0.2) is 4.98 Å². The number of thioether (sulfide) groups is 1. The fraction of sp³-hybridized carbons (Fsp3) is 0.0769. The van der Waals surface area contributed by atoms with Crippen LogP contribution in [0.3, 0.4) is 0 Å². The van der Waals surface area contributed by atoms with Crippen molar-refractivity contribution in [3.63, 3.8) is 0 Å². The highest BCUT2D eigenvalue weighted by molar-refractivity contribution is 7.98. The second kappa shape index (κ2) is 5.98. The lowest BCUT2D eigenvalue weighted by atomic mass is 10.2. The maximum atomic E-state index is 10.5. The first-order valence-electron chi connectivity index (χ1n) is 5.42. The predicted molar refractivity (Wildman–Crippen MR) is 71.6 cm³/mol. The number of nitriles is 1. The summed E-state index contributed by atoms with van der Waals surface area (Å²) in [7, 11) is 0. The molecular weight excluding hydrogens is 262 g/mol. The highest BCUT2D eigenvalue weighted by atomic mass is 32.2. The molecule has 0 aliphatic heterocycles. The van der Waals surface area contributed by atoms with Gasteiger partial charge in [-0.15, -0.1) is 11.8 Å². The summed E-state index contributed by atoms with van der Waals surface area (Å²) in [4.78, 5) is 15.0. The van der Waals surface area contributed by atoms with Crippen molar-refractivity contribution in [1.82, 2.24) is 4.98 Å². The summed E-state index contributed by atoms with van der Waals surface area (Å²) in [5.41, 5.74) is 1.34. The van der Waals surface area contributed by atoms with Crippen molar-refractivity contribution in [2.75, 3.05) is 0 Å². The van der Waals surface area contributed by atoms with Gasteiger partial charge in [0, 0.05) is 29.0 Å². The molecule has 1 aromatic carbocycles. The Hall–Kier alpha value is -2.39. The molecule has 94 valence electrons. The number of nitro groups is 1. The van der Waals surface area contributed by atoms with Crippen molar-refractivity contribution < 1.29 is 4.92 Å².